The van der Waals surface area contributed by atoms with Crippen LogP contribution in [0.1, 0.15) is 52.7 Å². The summed E-state index contributed by atoms with van der Waals surface area (Å²) in [6, 6.07) is 9.67. The number of phenolic OH excluding ortho intramolecular Hbond substituents is 2. The standard InChI is InChI=1S/C23H26O4/c1-22(2,3)16-9-13(10-17(21(16)26)23(4,5)6)19-12-18(25)15-8-7-14(24)11-20(15)27-19/h7-12,24,26H,1-6H3. The fraction of sp³-hybridized carbons (Fsp3) is 0.348. The van der Waals surface area contributed by atoms with E-state index in [0.717, 1.165) is 16.7 Å². The number of hydrogen-bond acceptors (Lipinski definition) is 4. The van der Waals surface area contributed by atoms with Gasteiger partial charge in [0.05, 0.1) is 5.39 Å². The van der Waals surface area contributed by atoms with E-state index in [2.05, 4.69) is 0 Å². The number of rotatable bonds is 1. The van der Waals surface area contributed by atoms with Crippen LogP contribution in [-0.4, -0.2) is 10.2 Å². The molecule has 0 saturated heterocycles. The van der Waals surface area contributed by atoms with E-state index < -0.39 is 0 Å². The first-order valence-electron chi connectivity index (χ1n) is 9.03. The smallest absolute Gasteiger partial charge is 0.193 e. The Labute approximate surface area is 159 Å². The van der Waals surface area contributed by atoms with Crippen molar-refractivity contribution in [1.29, 1.82) is 0 Å². The van der Waals surface area contributed by atoms with Gasteiger partial charge in [0.25, 0.3) is 0 Å². The average molecular weight is 366 g/mol. The highest BCUT2D eigenvalue weighted by Gasteiger charge is 2.27. The summed E-state index contributed by atoms with van der Waals surface area (Å²) >= 11 is 0. The highest BCUT2D eigenvalue weighted by molar-refractivity contribution is 5.80. The molecular weight excluding hydrogens is 340 g/mol. The predicted octanol–water partition coefficient (Wildman–Crippen LogP) is 5.47. The summed E-state index contributed by atoms with van der Waals surface area (Å²) in [5.41, 5.74) is 1.91. The molecule has 2 N–H and O–H groups in total. The quantitative estimate of drug-likeness (QED) is 0.599. The van der Waals surface area contributed by atoms with Crippen LogP contribution in [0.3, 0.4) is 0 Å². The second-order valence-electron chi connectivity index (χ2n) is 9.08. The molecule has 3 rings (SSSR count). The SMILES string of the molecule is CC(C)(C)c1cc(-c2cc(=O)c3ccc(O)cc3o2)cc(C(C)(C)C)c1O. The third-order valence-corrected chi connectivity index (χ3v) is 4.72. The van der Waals surface area contributed by atoms with Gasteiger partial charge in [0.1, 0.15) is 22.8 Å². The Morgan fingerprint density at radius 1 is 0.815 bits per heavy atom. The molecule has 1 aromatic heterocycles. The highest BCUT2D eigenvalue weighted by atomic mass is 16.3. The van der Waals surface area contributed by atoms with Crippen molar-refractivity contribution in [2.24, 2.45) is 0 Å². The first-order chi connectivity index (χ1) is 12.4. The van der Waals surface area contributed by atoms with Gasteiger partial charge in [-0.3, -0.25) is 4.79 Å². The Hall–Kier alpha value is -2.75. The Kier molecular flexibility index (Phi) is 4.34. The van der Waals surface area contributed by atoms with Crippen molar-refractivity contribution in [3.63, 3.8) is 0 Å². The summed E-state index contributed by atoms with van der Waals surface area (Å²) in [5.74, 6) is 0.730. The fourth-order valence-electron chi connectivity index (χ4n) is 3.21. The van der Waals surface area contributed by atoms with E-state index in [9.17, 15) is 15.0 Å². The van der Waals surface area contributed by atoms with Gasteiger partial charge in [0.2, 0.25) is 0 Å². The second kappa shape index (κ2) is 6.15. The zero-order valence-corrected chi connectivity index (χ0v) is 16.7. The molecular formula is C23H26O4. The minimum absolute atomic E-state index is 0.0410. The normalized spacial score (nSPS) is 12.5. The van der Waals surface area contributed by atoms with Gasteiger partial charge in [-0.15, -0.1) is 0 Å². The average Bonchev–Trinajstić information content (AvgIpc) is 2.52. The summed E-state index contributed by atoms with van der Waals surface area (Å²) < 4.78 is 5.94. The van der Waals surface area contributed by atoms with Gasteiger partial charge in [-0.1, -0.05) is 41.5 Å². The van der Waals surface area contributed by atoms with Crippen molar-refractivity contribution in [1.82, 2.24) is 0 Å². The lowest BCUT2D eigenvalue weighted by atomic mass is 9.78. The molecule has 27 heavy (non-hydrogen) atoms. The summed E-state index contributed by atoms with van der Waals surface area (Å²) in [6.07, 6.45) is 0. The van der Waals surface area contributed by atoms with Crippen molar-refractivity contribution < 1.29 is 14.6 Å². The van der Waals surface area contributed by atoms with Crippen molar-refractivity contribution in [3.05, 3.63) is 57.7 Å². The molecule has 0 aliphatic heterocycles. The van der Waals surface area contributed by atoms with Gasteiger partial charge in [0.15, 0.2) is 5.43 Å². The Morgan fingerprint density at radius 2 is 1.37 bits per heavy atom. The van der Waals surface area contributed by atoms with E-state index in [1.54, 1.807) is 6.07 Å². The topological polar surface area (TPSA) is 70.7 Å². The summed E-state index contributed by atoms with van der Waals surface area (Å²) in [7, 11) is 0. The molecule has 0 radical (unpaired) electrons. The molecule has 0 aliphatic rings. The molecule has 0 amide bonds. The Morgan fingerprint density at radius 3 is 1.89 bits per heavy atom. The zero-order chi connectivity index (χ0) is 20.1. The third kappa shape index (κ3) is 3.57. The molecule has 4 heteroatoms. The van der Waals surface area contributed by atoms with Crippen molar-refractivity contribution >= 4 is 11.0 Å². The molecule has 0 spiro atoms. The predicted molar refractivity (Wildman–Crippen MR) is 109 cm³/mol. The fourth-order valence-corrected chi connectivity index (χ4v) is 3.21. The summed E-state index contributed by atoms with van der Waals surface area (Å²) in [4.78, 5) is 12.5. The largest absolute Gasteiger partial charge is 0.508 e. The summed E-state index contributed by atoms with van der Waals surface area (Å²) in [5, 5.41) is 21.0. The van der Waals surface area contributed by atoms with Gasteiger partial charge in [-0.05, 0) is 35.1 Å². The van der Waals surface area contributed by atoms with Crippen LogP contribution in [0.5, 0.6) is 11.5 Å². The molecule has 0 aliphatic carbocycles. The lowest BCUT2D eigenvalue weighted by Gasteiger charge is -2.28. The molecule has 0 saturated carbocycles. The maximum absolute atomic E-state index is 12.5. The van der Waals surface area contributed by atoms with Gasteiger partial charge < -0.3 is 14.6 Å². The molecule has 4 nitrogen and oxygen atoms in total. The molecule has 0 unspecified atom stereocenters. The van der Waals surface area contributed by atoms with Crippen LogP contribution in [0.4, 0.5) is 0 Å². The van der Waals surface area contributed by atoms with Crippen molar-refractivity contribution in [3.8, 4) is 22.8 Å². The number of hydrogen-bond donors (Lipinski definition) is 2. The Bertz CT molecular complexity index is 1040. The highest BCUT2D eigenvalue weighted by Crippen LogP contribution is 2.42. The molecule has 3 aromatic rings. The van der Waals surface area contributed by atoms with E-state index in [1.807, 2.05) is 53.7 Å². The van der Waals surface area contributed by atoms with Crippen LogP contribution in [0.15, 0.2) is 45.6 Å². The van der Waals surface area contributed by atoms with Crippen LogP contribution in [0, 0.1) is 0 Å². The minimum Gasteiger partial charge on any atom is -0.508 e. The van der Waals surface area contributed by atoms with Gasteiger partial charge >= 0.3 is 0 Å². The van der Waals surface area contributed by atoms with Crippen LogP contribution in [0.2, 0.25) is 0 Å². The van der Waals surface area contributed by atoms with Crippen molar-refractivity contribution in [2.75, 3.05) is 0 Å². The number of phenols is 2. The monoisotopic (exact) mass is 366 g/mol. The summed E-state index contributed by atoms with van der Waals surface area (Å²) in [6.45, 7) is 12.2. The molecule has 2 aromatic carbocycles. The molecule has 142 valence electrons. The third-order valence-electron chi connectivity index (χ3n) is 4.72. The van der Waals surface area contributed by atoms with E-state index >= 15 is 0 Å². The zero-order valence-electron chi connectivity index (χ0n) is 16.7. The van der Waals surface area contributed by atoms with Crippen LogP contribution in [0.25, 0.3) is 22.3 Å². The number of aromatic hydroxyl groups is 2. The minimum atomic E-state index is -0.282. The van der Waals surface area contributed by atoms with E-state index in [1.165, 1.54) is 18.2 Å². The van der Waals surface area contributed by atoms with Gasteiger partial charge in [-0.25, -0.2) is 0 Å². The van der Waals surface area contributed by atoms with E-state index in [4.69, 9.17) is 4.42 Å². The molecule has 1 heterocycles. The number of benzene rings is 2. The number of fused-ring (bicyclic) bond motifs is 1. The van der Waals surface area contributed by atoms with Gasteiger partial charge in [0, 0.05) is 28.8 Å². The first kappa shape index (κ1) is 19.0. The van der Waals surface area contributed by atoms with Crippen molar-refractivity contribution in [2.45, 2.75) is 52.4 Å². The van der Waals surface area contributed by atoms with Gasteiger partial charge in [-0.2, -0.15) is 0 Å². The lowest BCUT2D eigenvalue weighted by molar-refractivity contribution is 0.423. The van der Waals surface area contributed by atoms with E-state index in [0.29, 0.717) is 16.7 Å². The van der Waals surface area contributed by atoms with E-state index in [-0.39, 0.29) is 27.8 Å². The Balaban J connectivity index is 2.34. The van der Waals surface area contributed by atoms with Crippen LogP contribution >= 0.6 is 0 Å². The first-order valence-corrected chi connectivity index (χ1v) is 9.03. The van der Waals surface area contributed by atoms with Crippen LogP contribution < -0.4 is 5.43 Å². The molecule has 0 bridgehead atoms. The van der Waals surface area contributed by atoms with Crippen LogP contribution in [-0.2, 0) is 10.8 Å². The molecule has 0 fully saturated rings. The maximum atomic E-state index is 12.5. The second-order valence-corrected chi connectivity index (χ2v) is 9.08. The maximum Gasteiger partial charge on any atom is 0.193 e. The molecule has 0 atom stereocenters. The lowest BCUT2D eigenvalue weighted by Crippen LogP contribution is -2.17.